The van der Waals surface area contributed by atoms with Gasteiger partial charge in [-0.05, 0) is 207 Å². The van der Waals surface area contributed by atoms with Crippen LogP contribution in [0.3, 0.4) is 0 Å². The summed E-state index contributed by atoms with van der Waals surface area (Å²) in [5.74, 6) is 0. The molecule has 0 radical (unpaired) electrons. The summed E-state index contributed by atoms with van der Waals surface area (Å²) in [5.41, 5.74) is 25.2. The Balaban J connectivity index is 0.770. The third-order valence-electron chi connectivity index (χ3n) is 15.0. The van der Waals surface area contributed by atoms with Crippen molar-refractivity contribution < 1.29 is 0 Å². The lowest BCUT2D eigenvalue weighted by Gasteiger charge is -2.27. The van der Waals surface area contributed by atoms with Crippen LogP contribution in [0.1, 0.15) is 22.3 Å². The minimum Gasteiger partial charge on any atom is -0.311 e. The molecule has 0 N–H and O–H groups in total. The Morgan fingerprint density at radius 3 is 0.412 bits per heavy atom. The zero-order valence-corrected chi connectivity index (χ0v) is 45.7. The predicted octanol–water partition coefficient (Wildman–Crippen LogP) is 21.8. The van der Waals surface area contributed by atoms with Gasteiger partial charge in [-0.2, -0.15) is 0 Å². The van der Waals surface area contributed by atoms with Gasteiger partial charge < -0.3 is 19.6 Å². The predicted molar refractivity (Wildman–Crippen MR) is 340 cm³/mol. The van der Waals surface area contributed by atoms with E-state index in [4.69, 9.17) is 0 Å². The first-order valence-electron chi connectivity index (χ1n) is 27.5. The maximum Gasteiger partial charge on any atom is 0.0462 e. The molecule has 0 aliphatic carbocycles. The van der Waals surface area contributed by atoms with Crippen molar-refractivity contribution in [1.29, 1.82) is 0 Å². The molecule has 0 aliphatic rings. The van der Waals surface area contributed by atoms with Gasteiger partial charge in [0.2, 0.25) is 0 Å². The van der Waals surface area contributed by atoms with E-state index in [0.29, 0.717) is 0 Å². The molecule has 80 heavy (non-hydrogen) atoms. The molecule has 0 unspecified atom stereocenters. The van der Waals surface area contributed by atoms with Crippen LogP contribution in [0.2, 0.25) is 0 Å². The lowest BCUT2D eigenvalue weighted by Crippen LogP contribution is -2.10. The standard InChI is InChI=1S/C76H62N4/c1-55-15-35-67(36-16-55)79(68-37-17-56(2)18-38-68)75-51-31-63(32-52-75)61-27-47-73(48-28-61)77(65-11-7-5-8-12-65)71-43-23-59(24-44-71)60-25-45-72(46-26-60)78(66-13-9-6-10-14-66)74-49-29-62(30-50-74)64-33-53-76(54-34-64)80(69-39-19-57(3)20-40-69)70-41-21-58(4)22-42-70/h5-54H,1-4H3. The number of nitrogens with zero attached hydrogens (tertiary/aromatic N) is 4. The number of rotatable bonds is 15. The van der Waals surface area contributed by atoms with E-state index in [1.165, 1.54) is 22.3 Å². The normalized spacial score (nSPS) is 11.0. The Bertz CT molecular complexity index is 3580. The van der Waals surface area contributed by atoms with Gasteiger partial charge in [-0.1, -0.05) is 180 Å². The van der Waals surface area contributed by atoms with Crippen LogP contribution in [-0.4, -0.2) is 0 Å². The fraction of sp³-hybridized carbons (Fsp3) is 0.0526. The first-order valence-corrected chi connectivity index (χ1v) is 27.5. The van der Waals surface area contributed by atoms with E-state index in [0.717, 1.165) is 102 Å². The van der Waals surface area contributed by atoms with E-state index in [9.17, 15) is 0 Å². The van der Waals surface area contributed by atoms with Gasteiger partial charge in [-0.3, -0.25) is 0 Å². The fourth-order valence-electron chi connectivity index (χ4n) is 10.5. The Labute approximate surface area is 472 Å². The molecule has 0 saturated carbocycles. The summed E-state index contributed by atoms with van der Waals surface area (Å²) in [4.78, 5) is 9.29. The molecular formula is C76H62N4. The molecule has 0 heterocycles. The Morgan fingerprint density at radius 1 is 0.138 bits per heavy atom. The molecule has 12 rings (SSSR count). The third kappa shape index (κ3) is 11.0. The lowest BCUT2D eigenvalue weighted by atomic mass is 10.0. The van der Waals surface area contributed by atoms with E-state index in [1.54, 1.807) is 0 Å². The van der Waals surface area contributed by atoms with Gasteiger partial charge in [0.25, 0.3) is 0 Å². The minimum atomic E-state index is 1.09. The highest BCUT2D eigenvalue weighted by Crippen LogP contribution is 2.42. The van der Waals surface area contributed by atoms with Gasteiger partial charge in [0.15, 0.2) is 0 Å². The molecule has 0 spiro atoms. The van der Waals surface area contributed by atoms with Crippen LogP contribution in [0.4, 0.5) is 68.2 Å². The Morgan fingerprint density at radius 2 is 0.263 bits per heavy atom. The van der Waals surface area contributed by atoms with Crippen molar-refractivity contribution in [3.05, 3.63) is 326 Å². The molecule has 12 aromatic carbocycles. The van der Waals surface area contributed by atoms with Crippen LogP contribution in [0, 0.1) is 27.7 Å². The molecule has 0 atom stereocenters. The summed E-state index contributed by atoms with van der Waals surface area (Å²) in [6.07, 6.45) is 0. The SMILES string of the molecule is Cc1ccc(N(c2ccc(C)cc2)c2ccc(-c3ccc(N(c4ccccc4)c4ccc(-c5ccc(N(c6ccccc6)c6ccc(-c7ccc(N(c8ccc(C)cc8)c8ccc(C)cc8)cc7)cc6)cc5)cc4)cc3)cc2)cc1. The van der Waals surface area contributed by atoms with Crippen molar-refractivity contribution in [1.82, 2.24) is 0 Å². The van der Waals surface area contributed by atoms with Gasteiger partial charge in [-0.25, -0.2) is 0 Å². The zero-order valence-electron chi connectivity index (χ0n) is 45.7. The first-order chi connectivity index (χ1) is 39.3. The highest BCUT2D eigenvalue weighted by molar-refractivity contribution is 5.85. The Hall–Kier alpha value is -10.2. The van der Waals surface area contributed by atoms with Crippen molar-refractivity contribution in [3.63, 3.8) is 0 Å². The number of aryl methyl sites for hydroxylation is 4. The largest absolute Gasteiger partial charge is 0.311 e. The fourth-order valence-corrected chi connectivity index (χ4v) is 10.5. The molecule has 0 bridgehead atoms. The maximum atomic E-state index is 2.32. The lowest BCUT2D eigenvalue weighted by molar-refractivity contribution is 1.27. The molecule has 386 valence electrons. The maximum absolute atomic E-state index is 2.32. The summed E-state index contributed by atoms with van der Waals surface area (Å²) < 4.78 is 0. The first kappa shape index (κ1) is 50.6. The van der Waals surface area contributed by atoms with Gasteiger partial charge >= 0.3 is 0 Å². The molecule has 0 saturated heterocycles. The summed E-state index contributed by atoms with van der Waals surface area (Å²) in [7, 11) is 0. The number of benzene rings is 12. The summed E-state index contributed by atoms with van der Waals surface area (Å²) >= 11 is 0. The average Bonchev–Trinajstić information content (AvgIpc) is 3.52. The third-order valence-corrected chi connectivity index (χ3v) is 15.0. The second-order valence-electron chi connectivity index (χ2n) is 20.6. The second kappa shape index (κ2) is 22.8. The van der Waals surface area contributed by atoms with E-state index >= 15 is 0 Å². The van der Waals surface area contributed by atoms with E-state index in [1.807, 2.05) is 0 Å². The van der Waals surface area contributed by atoms with Crippen LogP contribution < -0.4 is 19.6 Å². The monoisotopic (exact) mass is 1030 g/mol. The van der Waals surface area contributed by atoms with Crippen molar-refractivity contribution in [3.8, 4) is 33.4 Å². The molecule has 4 nitrogen and oxygen atoms in total. The van der Waals surface area contributed by atoms with Crippen molar-refractivity contribution in [2.45, 2.75) is 27.7 Å². The number of para-hydroxylation sites is 2. The quantitative estimate of drug-likeness (QED) is 0.101. The molecule has 0 aliphatic heterocycles. The van der Waals surface area contributed by atoms with E-state index < -0.39 is 0 Å². The number of hydrogen-bond donors (Lipinski definition) is 0. The summed E-state index contributed by atoms with van der Waals surface area (Å²) in [6, 6.07) is 110. The van der Waals surface area contributed by atoms with Crippen LogP contribution in [0.15, 0.2) is 303 Å². The highest BCUT2D eigenvalue weighted by atomic mass is 15.2. The van der Waals surface area contributed by atoms with Crippen molar-refractivity contribution >= 4 is 68.2 Å². The summed E-state index contributed by atoms with van der Waals surface area (Å²) in [6.45, 7) is 8.52. The average molecular weight is 1030 g/mol. The molecule has 4 heteroatoms. The van der Waals surface area contributed by atoms with Crippen LogP contribution in [-0.2, 0) is 0 Å². The van der Waals surface area contributed by atoms with Crippen LogP contribution >= 0.6 is 0 Å². The van der Waals surface area contributed by atoms with Gasteiger partial charge in [0.05, 0.1) is 0 Å². The van der Waals surface area contributed by atoms with Crippen molar-refractivity contribution in [2.75, 3.05) is 19.6 Å². The summed E-state index contributed by atoms with van der Waals surface area (Å²) in [5, 5.41) is 0. The smallest absolute Gasteiger partial charge is 0.0462 e. The van der Waals surface area contributed by atoms with Gasteiger partial charge in [-0.15, -0.1) is 0 Å². The molecular weight excluding hydrogens is 969 g/mol. The molecule has 0 fully saturated rings. The van der Waals surface area contributed by atoms with E-state index in [2.05, 4.69) is 351 Å². The molecule has 0 aromatic heterocycles. The van der Waals surface area contributed by atoms with Crippen LogP contribution in [0.5, 0.6) is 0 Å². The van der Waals surface area contributed by atoms with Crippen molar-refractivity contribution in [2.24, 2.45) is 0 Å². The molecule has 12 aromatic rings. The van der Waals surface area contributed by atoms with Gasteiger partial charge in [0, 0.05) is 68.2 Å². The van der Waals surface area contributed by atoms with Gasteiger partial charge in [0.1, 0.15) is 0 Å². The van der Waals surface area contributed by atoms with E-state index in [-0.39, 0.29) is 0 Å². The second-order valence-corrected chi connectivity index (χ2v) is 20.6. The topological polar surface area (TPSA) is 13.0 Å². The Kier molecular flexibility index (Phi) is 14.4. The highest BCUT2D eigenvalue weighted by Gasteiger charge is 2.18. The minimum absolute atomic E-state index is 1.09. The number of anilines is 12. The zero-order chi connectivity index (χ0) is 54.4. The number of hydrogen-bond acceptors (Lipinski definition) is 4. The molecule has 0 amide bonds. The van der Waals surface area contributed by atoms with Crippen LogP contribution in [0.25, 0.3) is 33.4 Å².